The lowest BCUT2D eigenvalue weighted by Crippen LogP contribution is -2.32. The zero-order valence-corrected chi connectivity index (χ0v) is 10.8. The van der Waals surface area contributed by atoms with Crippen LogP contribution in [0.15, 0.2) is 18.2 Å². The zero-order chi connectivity index (χ0) is 13.9. The Morgan fingerprint density at radius 1 is 1.42 bits per heavy atom. The second-order valence-corrected chi connectivity index (χ2v) is 4.81. The van der Waals surface area contributed by atoms with Gasteiger partial charge in [-0.3, -0.25) is 10.1 Å². The van der Waals surface area contributed by atoms with Gasteiger partial charge >= 0.3 is 5.69 Å². The van der Waals surface area contributed by atoms with E-state index in [2.05, 4.69) is 0 Å². The third-order valence-corrected chi connectivity index (χ3v) is 3.39. The summed E-state index contributed by atoms with van der Waals surface area (Å²) < 4.78 is 10.4. The maximum Gasteiger partial charge on any atom is 0.314 e. The number of hydrogen-bond donors (Lipinski definition) is 1. The van der Waals surface area contributed by atoms with E-state index in [1.807, 2.05) is 0 Å². The molecule has 6 nitrogen and oxygen atoms in total. The summed E-state index contributed by atoms with van der Waals surface area (Å²) in [6.07, 6.45) is 3.28. The van der Waals surface area contributed by atoms with Crippen molar-refractivity contribution < 1.29 is 19.5 Å². The fourth-order valence-corrected chi connectivity index (χ4v) is 2.28. The summed E-state index contributed by atoms with van der Waals surface area (Å²) in [6, 6.07) is 4.41. The van der Waals surface area contributed by atoms with Crippen LogP contribution in [0.3, 0.4) is 0 Å². The molecule has 0 heterocycles. The first-order chi connectivity index (χ1) is 9.04. The number of hydrogen-bond acceptors (Lipinski definition) is 5. The van der Waals surface area contributed by atoms with Crippen LogP contribution in [0.5, 0.6) is 11.5 Å². The molecule has 0 spiro atoms. The van der Waals surface area contributed by atoms with Gasteiger partial charge in [0.15, 0.2) is 5.75 Å². The van der Waals surface area contributed by atoms with Crippen molar-refractivity contribution in [2.24, 2.45) is 0 Å². The molecular weight excluding hydrogens is 250 g/mol. The van der Waals surface area contributed by atoms with Crippen molar-refractivity contribution in [3.8, 4) is 11.5 Å². The normalized spacial score (nSPS) is 17.2. The van der Waals surface area contributed by atoms with Crippen molar-refractivity contribution in [2.45, 2.75) is 31.3 Å². The quantitative estimate of drug-likeness (QED) is 0.653. The summed E-state index contributed by atoms with van der Waals surface area (Å²) >= 11 is 0. The largest absolute Gasteiger partial charge is 0.496 e. The molecule has 1 aromatic carbocycles. The lowest BCUT2D eigenvalue weighted by molar-refractivity contribution is -0.386. The molecular formula is C13H17NO5. The number of nitrogens with zero attached hydrogens (tertiary/aromatic N) is 1. The molecule has 0 aliphatic heterocycles. The Hall–Kier alpha value is -1.82. The first kappa shape index (κ1) is 13.6. The van der Waals surface area contributed by atoms with Crippen LogP contribution in [0.2, 0.25) is 0 Å². The number of aliphatic hydroxyl groups is 1. The summed E-state index contributed by atoms with van der Waals surface area (Å²) in [6.45, 7) is 0.0835. The second-order valence-electron chi connectivity index (χ2n) is 4.81. The fraction of sp³-hybridized carbons (Fsp3) is 0.538. The summed E-state index contributed by atoms with van der Waals surface area (Å²) in [7, 11) is 1.45. The minimum Gasteiger partial charge on any atom is -0.496 e. The topological polar surface area (TPSA) is 81.8 Å². The van der Waals surface area contributed by atoms with Crippen LogP contribution in [0.4, 0.5) is 5.69 Å². The monoisotopic (exact) mass is 267 g/mol. The molecule has 104 valence electrons. The van der Waals surface area contributed by atoms with Crippen LogP contribution in [0.1, 0.15) is 25.7 Å². The van der Waals surface area contributed by atoms with Gasteiger partial charge < -0.3 is 14.6 Å². The molecule has 19 heavy (non-hydrogen) atoms. The van der Waals surface area contributed by atoms with Gasteiger partial charge in [0.1, 0.15) is 12.4 Å². The highest BCUT2D eigenvalue weighted by molar-refractivity contribution is 5.50. The summed E-state index contributed by atoms with van der Waals surface area (Å²) in [5.41, 5.74) is -1.01. The van der Waals surface area contributed by atoms with Gasteiger partial charge in [0.25, 0.3) is 0 Å². The average Bonchev–Trinajstić information content (AvgIpc) is 2.83. The lowest BCUT2D eigenvalue weighted by atomic mass is 10.0. The van der Waals surface area contributed by atoms with E-state index in [9.17, 15) is 15.2 Å². The van der Waals surface area contributed by atoms with Crippen LogP contribution in [0.25, 0.3) is 0 Å². The third-order valence-electron chi connectivity index (χ3n) is 3.39. The molecule has 1 N–H and O–H groups in total. The Balaban J connectivity index is 2.13. The molecule has 1 fully saturated rings. The van der Waals surface area contributed by atoms with Gasteiger partial charge in [-0.25, -0.2) is 0 Å². The van der Waals surface area contributed by atoms with Gasteiger partial charge in [-0.2, -0.15) is 0 Å². The average molecular weight is 267 g/mol. The molecule has 0 aromatic heterocycles. The number of methoxy groups -OCH3 is 1. The first-order valence-corrected chi connectivity index (χ1v) is 6.22. The molecule has 0 bridgehead atoms. The smallest absolute Gasteiger partial charge is 0.314 e. The highest BCUT2D eigenvalue weighted by atomic mass is 16.6. The first-order valence-electron chi connectivity index (χ1n) is 6.22. The van der Waals surface area contributed by atoms with E-state index in [0.717, 1.165) is 12.8 Å². The Kier molecular flexibility index (Phi) is 3.90. The molecule has 2 rings (SSSR count). The second kappa shape index (κ2) is 5.44. The van der Waals surface area contributed by atoms with Crippen molar-refractivity contribution >= 4 is 5.69 Å². The molecule has 6 heteroatoms. The van der Waals surface area contributed by atoms with Gasteiger partial charge in [0, 0.05) is 0 Å². The molecule has 0 saturated heterocycles. The van der Waals surface area contributed by atoms with Crippen molar-refractivity contribution in [2.75, 3.05) is 13.7 Å². The van der Waals surface area contributed by atoms with Gasteiger partial charge in [-0.15, -0.1) is 0 Å². The molecule has 0 radical (unpaired) electrons. The number of ether oxygens (including phenoxy) is 2. The molecule has 1 aromatic rings. The number of nitro groups is 1. The van der Waals surface area contributed by atoms with Crippen LogP contribution < -0.4 is 9.47 Å². The van der Waals surface area contributed by atoms with E-state index < -0.39 is 10.5 Å². The van der Waals surface area contributed by atoms with Crippen LogP contribution >= 0.6 is 0 Å². The number of nitro benzene ring substituents is 1. The molecule has 0 atom stereocenters. The van der Waals surface area contributed by atoms with Gasteiger partial charge in [0.2, 0.25) is 0 Å². The van der Waals surface area contributed by atoms with E-state index >= 15 is 0 Å². The van der Waals surface area contributed by atoms with E-state index in [0.29, 0.717) is 18.6 Å². The number of benzene rings is 1. The predicted octanol–water partition coefficient (Wildman–Crippen LogP) is 2.29. The van der Waals surface area contributed by atoms with E-state index in [1.54, 1.807) is 6.07 Å². The van der Waals surface area contributed by atoms with Crippen LogP contribution in [-0.4, -0.2) is 29.3 Å². The maximum atomic E-state index is 11.0. The molecule has 1 aliphatic carbocycles. The molecule has 1 aliphatic rings. The fourth-order valence-electron chi connectivity index (χ4n) is 2.28. The van der Waals surface area contributed by atoms with E-state index in [4.69, 9.17) is 9.47 Å². The Morgan fingerprint density at radius 3 is 2.68 bits per heavy atom. The number of rotatable bonds is 5. The van der Waals surface area contributed by atoms with Gasteiger partial charge in [0.05, 0.1) is 23.7 Å². The predicted molar refractivity (Wildman–Crippen MR) is 68.6 cm³/mol. The highest BCUT2D eigenvalue weighted by Gasteiger charge is 2.32. The third kappa shape index (κ3) is 3.14. The maximum absolute atomic E-state index is 11.0. The van der Waals surface area contributed by atoms with E-state index in [-0.39, 0.29) is 18.0 Å². The summed E-state index contributed by atoms with van der Waals surface area (Å²) in [4.78, 5) is 10.5. The van der Waals surface area contributed by atoms with Crippen LogP contribution in [-0.2, 0) is 0 Å². The molecule has 0 amide bonds. The lowest BCUT2D eigenvalue weighted by Gasteiger charge is -2.22. The van der Waals surface area contributed by atoms with Crippen molar-refractivity contribution in [1.82, 2.24) is 0 Å². The Bertz CT molecular complexity index is 468. The van der Waals surface area contributed by atoms with Crippen molar-refractivity contribution in [3.63, 3.8) is 0 Å². The molecule has 0 unspecified atom stereocenters. The van der Waals surface area contributed by atoms with Gasteiger partial charge in [-0.1, -0.05) is 12.8 Å². The minimum atomic E-state index is -0.853. The SMILES string of the molecule is COc1ccc(OCC2(O)CCCC2)c([N+](=O)[O-])c1. The molecule has 1 saturated carbocycles. The zero-order valence-electron chi connectivity index (χ0n) is 10.8. The summed E-state index contributed by atoms with van der Waals surface area (Å²) in [5, 5.41) is 21.1. The van der Waals surface area contributed by atoms with Gasteiger partial charge in [-0.05, 0) is 25.0 Å². The highest BCUT2D eigenvalue weighted by Crippen LogP contribution is 2.34. The Labute approximate surface area is 111 Å². The Morgan fingerprint density at radius 2 is 2.11 bits per heavy atom. The summed E-state index contributed by atoms with van der Waals surface area (Å²) in [5.74, 6) is 0.560. The van der Waals surface area contributed by atoms with Crippen LogP contribution in [0, 0.1) is 10.1 Å². The van der Waals surface area contributed by atoms with Crippen molar-refractivity contribution in [1.29, 1.82) is 0 Å². The van der Waals surface area contributed by atoms with Crippen molar-refractivity contribution in [3.05, 3.63) is 28.3 Å². The minimum absolute atomic E-state index is 0.0835. The standard InChI is InChI=1S/C13H17NO5/c1-18-10-4-5-12(11(8-10)14(16)17)19-9-13(15)6-2-3-7-13/h4-5,8,15H,2-3,6-7,9H2,1H3. The van der Waals surface area contributed by atoms with E-state index in [1.165, 1.54) is 19.2 Å².